The van der Waals surface area contributed by atoms with Gasteiger partial charge in [0, 0.05) is 90.9 Å². The zero-order chi connectivity index (χ0) is 104. The van der Waals surface area contributed by atoms with E-state index in [-0.39, 0.29) is 111 Å². The van der Waals surface area contributed by atoms with E-state index in [2.05, 4.69) is 72.0 Å². The monoisotopic (exact) mass is 2200 g/mol. The van der Waals surface area contributed by atoms with Gasteiger partial charge in [-0.15, -0.1) is 0 Å². The number of methoxy groups -OCH3 is 1. The molecule has 13 N–H and O–H groups in total. The summed E-state index contributed by atoms with van der Waals surface area (Å²) in [4.78, 5) is 127. The van der Waals surface area contributed by atoms with Crippen LogP contribution in [0.5, 0.6) is 34.5 Å². The highest BCUT2D eigenvalue weighted by atomic mass is 79.9. The highest BCUT2D eigenvalue weighted by molar-refractivity contribution is 9.10. The molecule has 0 saturated carbocycles. The minimum absolute atomic E-state index is 0.0477. The van der Waals surface area contributed by atoms with Crippen molar-refractivity contribution in [3.63, 3.8) is 0 Å². The zero-order valence-electron chi connectivity index (χ0n) is 72.6. The van der Waals surface area contributed by atoms with E-state index in [0.717, 1.165) is 58.4 Å². The second-order valence-corrected chi connectivity index (χ2v) is 34.5. The van der Waals surface area contributed by atoms with Crippen LogP contribution in [0, 0.1) is 59.1 Å². The highest BCUT2D eigenvalue weighted by Gasteiger charge is 2.23. The van der Waals surface area contributed by atoms with Crippen LogP contribution in [0.1, 0.15) is 97.6 Å². The van der Waals surface area contributed by atoms with Gasteiger partial charge in [0.2, 0.25) is 0 Å². The molecular weight excluding hydrogens is 2130 g/mol. The van der Waals surface area contributed by atoms with E-state index in [1.54, 1.807) is 97.2 Å². The molecule has 0 spiro atoms. The summed E-state index contributed by atoms with van der Waals surface area (Å²) in [5, 5.41) is 112. The molecule has 141 heavy (non-hydrogen) atoms. The number of aromatic hydroxyl groups is 5. The van der Waals surface area contributed by atoms with Crippen LogP contribution >= 0.6 is 144 Å². The standard InChI is InChI=1S/C17H17ClN2O4.C14H11Cl2NO3.C14H11Cl2NO2.C13H8BrCl2NO2.C13H8Cl2N2O3.C13H8ClFN2O4.C11H8ClN3O3/c1-10(2)7-11-3-6-16(21)13(8-11)17(22)19-15-5-4-12(20(23)24)9-14(15)18;1-20-9-3-4-12(11(16)7-9)17-14(19)10-6-8(15)2-5-13(10)18;1-8-2-4-12(11(16)6-8)17-14(19)10-7-9(15)3-5-13(10)18;14-7-1-3-11(10(16)5-7)17-13(19)9-6-8(15)2-4-12(9)18;14-9-3-1-2-8(6-9)13(18)16-12-5-4-10(17(19)20)7-11(12)15;14-10-6-8(17(20)21)2-3-11(10)16-13(19)9-5-7(15)1-4-12(9)18;12-8-6-7(15(17)18)3-4-9(8)14-11(16)10-2-1-5-13-10/h3-6,8-10,21H,7H2,1-2H3,(H,19,22);2-7,18H,1H3,(H,17,19);2-7,18H,1H3,(H,17,19);1-6,18H,(H,17,19);1-7H,(H,16,18);1-6,18H,(H,16,19);1-6,13H,(H,14,16). The number of anilines is 7. The van der Waals surface area contributed by atoms with E-state index in [0.29, 0.717) is 86.5 Å². The number of phenolic OH excluding ortho intramolecular Hbond substituents is 5. The Morgan fingerprint density at radius 1 is 0.355 bits per heavy atom. The smallest absolute Gasteiger partial charge is 0.272 e. The number of benzene rings is 13. The van der Waals surface area contributed by atoms with Gasteiger partial charge in [-0.3, -0.25) is 74.0 Å². The topological polar surface area (TPSA) is 502 Å². The normalized spacial score (nSPS) is 10.3. The third-order valence-corrected chi connectivity index (χ3v) is 21.9. The highest BCUT2D eigenvalue weighted by Crippen LogP contribution is 2.37. The summed E-state index contributed by atoms with van der Waals surface area (Å²) in [5.41, 5.74) is 4.43. The first-order valence-electron chi connectivity index (χ1n) is 39.8. The molecular formula is C95H71BrCl11FN12O21. The Balaban J connectivity index is 0.000000202. The molecule has 0 aliphatic rings. The SMILES string of the molecule is CC(C)Cc1ccc(O)c(C(=O)Nc2ccc([N+](=O)[O-])cc2Cl)c1.COc1ccc(NC(=O)c2cc(Cl)ccc2O)c(Cl)c1.Cc1ccc(NC(=O)c2cc(Cl)ccc2O)c(Cl)c1.O=C(Nc1ccc(Br)cc1Cl)c1cc(Cl)ccc1O.O=C(Nc1ccc([N+](=O)[O-])cc1Cl)c1cc(F)ccc1O.O=C(Nc1ccc([N+](=O)[O-])cc1Cl)c1ccc[nH]1.O=C(Nc1ccc([N+](=O)[O-])cc1Cl)c1cccc(Cl)c1. The summed E-state index contributed by atoms with van der Waals surface area (Å²) in [6.07, 6.45) is 2.39. The number of rotatable bonds is 21. The number of nitro groups is 4. The van der Waals surface area contributed by atoms with Crippen LogP contribution in [0.25, 0.3) is 0 Å². The summed E-state index contributed by atoms with van der Waals surface area (Å²) in [5.74, 6) is -4.20. The Morgan fingerprint density at radius 3 is 1.01 bits per heavy atom. The Labute approximate surface area is 862 Å². The number of non-ortho nitro benzene ring substituents is 4. The molecule has 1 aromatic heterocycles. The van der Waals surface area contributed by atoms with Gasteiger partial charge >= 0.3 is 0 Å². The predicted octanol–water partition coefficient (Wildman–Crippen LogP) is 27.7. The van der Waals surface area contributed by atoms with Gasteiger partial charge in [0.25, 0.3) is 64.1 Å². The van der Waals surface area contributed by atoms with Crippen molar-refractivity contribution in [1.29, 1.82) is 0 Å². The maximum atomic E-state index is 13.1. The van der Waals surface area contributed by atoms with Crippen LogP contribution in [0.3, 0.4) is 0 Å². The van der Waals surface area contributed by atoms with Crippen molar-refractivity contribution < 1.29 is 87.9 Å². The number of halogens is 13. The minimum atomic E-state index is -0.789. The number of ether oxygens (including phenoxy) is 1. The van der Waals surface area contributed by atoms with Crippen LogP contribution in [0.15, 0.2) is 265 Å². The molecule has 0 unspecified atom stereocenters. The number of carbonyl (C=O) groups excluding carboxylic acids is 7. The van der Waals surface area contributed by atoms with Gasteiger partial charge in [0.15, 0.2) is 0 Å². The van der Waals surface area contributed by atoms with Gasteiger partial charge in [-0.25, -0.2) is 4.39 Å². The van der Waals surface area contributed by atoms with Crippen LogP contribution in [-0.2, 0) is 6.42 Å². The summed E-state index contributed by atoms with van der Waals surface area (Å²) >= 11 is 68.0. The number of aromatic nitrogens is 1. The fourth-order valence-electron chi connectivity index (χ4n) is 11.5. The number of carbonyl (C=O) groups is 7. The lowest BCUT2D eigenvalue weighted by atomic mass is 10.00. The fraction of sp³-hybridized carbons (Fsp3) is 0.0632. The van der Waals surface area contributed by atoms with E-state index in [9.17, 15) is 104 Å². The van der Waals surface area contributed by atoms with Crippen LogP contribution < -0.4 is 42.0 Å². The van der Waals surface area contributed by atoms with Gasteiger partial charge in [-0.05, 0) is 212 Å². The van der Waals surface area contributed by atoms with E-state index < -0.39 is 66.7 Å². The Bertz CT molecular complexity index is 6970. The first-order valence-corrected chi connectivity index (χ1v) is 44.8. The van der Waals surface area contributed by atoms with E-state index in [1.165, 1.54) is 128 Å². The molecule has 14 aromatic rings. The number of aromatic amines is 1. The second kappa shape index (κ2) is 53.0. The van der Waals surface area contributed by atoms with Crippen molar-refractivity contribution in [3.8, 4) is 34.5 Å². The number of H-pyrrole nitrogens is 1. The Morgan fingerprint density at radius 2 is 0.674 bits per heavy atom. The van der Waals surface area contributed by atoms with Crippen LogP contribution in [0.4, 0.5) is 67.0 Å². The van der Waals surface area contributed by atoms with Gasteiger partial charge in [-0.1, -0.05) is 176 Å². The molecule has 0 fully saturated rings. The lowest BCUT2D eigenvalue weighted by Gasteiger charge is -2.11. The number of nitrogens with one attached hydrogen (secondary N) is 8. The molecule has 1 heterocycles. The van der Waals surface area contributed by atoms with Gasteiger partial charge in [-0.2, -0.15) is 0 Å². The summed E-state index contributed by atoms with van der Waals surface area (Å²) in [6, 6.07) is 60.3. The fourth-order valence-corrected chi connectivity index (χ4v) is 14.3. The van der Waals surface area contributed by atoms with E-state index in [4.69, 9.17) is 132 Å². The molecule has 13 aromatic carbocycles. The number of nitrogens with zero attached hydrogens (tertiary/aromatic N) is 4. The number of aryl methyl sites for hydroxylation is 1. The lowest BCUT2D eigenvalue weighted by molar-refractivity contribution is -0.385. The molecule has 33 nitrogen and oxygen atoms in total. The number of hydrogen-bond donors (Lipinski definition) is 13. The third-order valence-electron chi connectivity index (χ3n) is 18.3. The van der Waals surface area contributed by atoms with Crippen molar-refractivity contribution in [3.05, 3.63) is 417 Å². The molecule has 0 radical (unpaired) electrons. The Kier molecular flexibility index (Phi) is 42.0. The van der Waals surface area contributed by atoms with Crippen LogP contribution in [-0.4, -0.2) is 98.7 Å². The van der Waals surface area contributed by atoms with Gasteiger partial charge in [0.05, 0.1) is 130 Å². The zero-order valence-corrected chi connectivity index (χ0v) is 82.5. The van der Waals surface area contributed by atoms with Crippen molar-refractivity contribution in [2.24, 2.45) is 5.92 Å². The average molecular weight is 2210 g/mol. The van der Waals surface area contributed by atoms with E-state index >= 15 is 0 Å². The van der Waals surface area contributed by atoms with Crippen molar-refractivity contribution >= 4 is 247 Å². The van der Waals surface area contributed by atoms with Crippen LogP contribution in [0.2, 0.25) is 55.2 Å². The predicted molar refractivity (Wildman–Crippen MR) is 548 cm³/mol. The number of hydrogen-bond acceptors (Lipinski definition) is 21. The number of nitro benzene ring substituents is 4. The maximum Gasteiger partial charge on any atom is 0.272 e. The molecule has 0 aliphatic carbocycles. The lowest BCUT2D eigenvalue weighted by Crippen LogP contribution is -2.13. The molecule has 7 amide bonds. The average Bonchev–Trinajstić information content (AvgIpc) is 1.80. The number of phenols is 5. The molecule has 0 saturated heterocycles. The molecule has 0 bridgehead atoms. The van der Waals surface area contributed by atoms with E-state index in [1.807, 2.05) is 13.0 Å². The molecule has 0 aliphatic heterocycles. The van der Waals surface area contributed by atoms with Crippen molar-refractivity contribution in [1.82, 2.24) is 4.98 Å². The largest absolute Gasteiger partial charge is 0.507 e. The van der Waals surface area contributed by atoms with Crippen molar-refractivity contribution in [2.75, 3.05) is 44.3 Å². The number of amides is 7. The Hall–Kier alpha value is -14.6. The molecule has 46 heteroatoms. The molecule has 0 atom stereocenters. The third kappa shape index (κ3) is 34.2. The summed E-state index contributed by atoms with van der Waals surface area (Å²) in [7, 11) is 1.52. The minimum Gasteiger partial charge on any atom is -0.507 e. The molecule has 14 rings (SSSR count). The summed E-state index contributed by atoms with van der Waals surface area (Å²) in [6.45, 7) is 6.02. The van der Waals surface area contributed by atoms with Gasteiger partial charge < -0.3 is 72.5 Å². The second-order valence-electron chi connectivity index (χ2n) is 29.0. The first-order chi connectivity index (χ1) is 66.6. The molecule has 728 valence electrons. The summed E-state index contributed by atoms with van der Waals surface area (Å²) < 4.78 is 18.9. The van der Waals surface area contributed by atoms with Crippen molar-refractivity contribution in [2.45, 2.75) is 27.2 Å². The van der Waals surface area contributed by atoms with Gasteiger partial charge in [0.1, 0.15) is 46.0 Å². The first kappa shape index (κ1) is 112. The quantitative estimate of drug-likeness (QED) is 0.0235. The maximum absolute atomic E-state index is 13.1.